The van der Waals surface area contributed by atoms with Gasteiger partial charge in [0.2, 0.25) is 5.95 Å². The van der Waals surface area contributed by atoms with Crippen LogP contribution in [0.25, 0.3) is 11.2 Å². The number of nitrogens with one attached hydrogen (secondary N) is 1. The van der Waals surface area contributed by atoms with Gasteiger partial charge in [0.15, 0.2) is 11.2 Å². The minimum Gasteiger partial charge on any atom is -0.394 e. The molecular weight excluding hydrogens is 226 g/mol. The zero-order valence-corrected chi connectivity index (χ0v) is 8.79. The van der Waals surface area contributed by atoms with Crippen LogP contribution in [0.1, 0.15) is 5.69 Å². The van der Waals surface area contributed by atoms with Crippen molar-refractivity contribution in [3.05, 3.63) is 22.2 Å². The molecule has 2 rings (SSSR count). The lowest BCUT2D eigenvalue weighted by molar-refractivity contribution is 0.0947. The molecule has 1 atom stereocenters. The van der Waals surface area contributed by atoms with Gasteiger partial charge in [0.25, 0.3) is 5.56 Å². The summed E-state index contributed by atoms with van der Waals surface area (Å²) in [7, 11) is 0. The highest BCUT2D eigenvalue weighted by Crippen LogP contribution is 2.05. The topological polar surface area (TPSA) is 138 Å². The monoisotopic (exact) mass is 237 g/mol. The fourth-order valence-electron chi connectivity index (χ4n) is 1.38. The van der Waals surface area contributed by atoms with Crippen LogP contribution < -0.4 is 11.3 Å². The molecule has 2 aromatic rings. The lowest BCUT2D eigenvalue weighted by Gasteiger charge is -2.06. The number of hydrogen-bond donors (Lipinski definition) is 4. The van der Waals surface area contributed by atoms with Gasteiger partial charge in [0.05, 0.1) is 24.6 Å². The van der Waals surface area contributed by atoms with Crippen LogP contribution in [-0.2, 0) is 6.42 Å². The molecular formula is C9H11N5O3. The summed E-state index contributed by atoms with van der Waals surface area (Å²) in [6.45, 7) is -0.379. The molecule has 0 amide bonds. The van der Waals surface area contributed by atoms with Gasteiger partial charge in [-0.3, -0.25) is 9.78 Å². The van der Waals surface area contributed by atoms with Gasteiger partial charge in [-0.2, -0.15) is 4.98 Å². The molecule has 0 aliphatic rings. The smallest absolute Gasteiger partial charge is 0.280 e. The largest absolute Gasteiger partial charge is 0.394 e. The highest BCUT2D eigenvalue weighted by molar-refractivity contribution is 5.69. The molecule has 0 saturated carbocycles. The number of nitrogen functional groups attached to an aromatic ring is 1. The molecule has 0 radical (unpaired) electrons. The van der Waals surface area contributed by atoms with E-state index in [0.29, 0.717) is 5.69 Å². The average Bonchev–Trinajstić information content (AvgIpc) is 2.29. The number of aromatic nitrogens is 4. The van der Waals surface area contributed by atoms with E-state index in [0.717, 1.165) is 0 Å². The maximum Gasteiger partial charge on any atom is 0.280 e. The van der Waals surface area contributed by atoms with Crippen molar-refractivity contribution in [3.63, 3.8) is 0 Å². The average molecular weight is 237 g/mol. The van der Waals surface area contributed by atoms with Crippen molar-refractivity contribution in [2.75, 3.05) is 12.3 Å². The minimum absolute atomic E-state index is 0.0278. The summed E-state index contributed by atoms with van der Waals surface area (Å²) in [6.07, 6.45) is 0.568. The highest BCUT2D eigenvalue weighted by Gasteiger charge is 2.09. The van der Waals surface area contributed by atoms with Crippen molar-refractivity contribution in [1.82, 2.24) is 19.9 Å². The fraction of sp³-hybridized carbons (Fsp3) is 0.333. The predicted molar refractivity (Wildman–Crippen MR) is 59.2 cm³/mol. The first-order valence-corrected chi connectivity index (χ1v) is 4.90. The van der Waals surface area contributed by atoms with E-state index < -0.39 is 11.7 Å². The second-order valence-corrected chi connectivity index (χ2v) is 3.53. The summed E-state index contributed by atoms with van der Waals surface area (Å²) >= 11 is 0. The molecule has 90 valence electrons. The molecule has 17 heavy (non-hydrogen) atoms. The van der Waals surface area contributed by atoms with E-state index in [1.165, 1.54) is 6.20 Å². The maximum atomic E-state index is 11.5. The van der Waals surface area contributed by atoms with Gasteiger partial charge < -0.3 is 15.9 Å². The van der Waals surface area contributed by atoms with Gasteiger partial charge in [0.1, 0.15) is 0 Å². The second-order valence-electron chi connectivity index (χ2n) is 3.53. The normalized spacial score (nSPS) is 12.8. The third-order valence-electron chi connectivity index (χ3n) is 2.14. The number of anilines is 1. The number of hydrogen-bond acceptors (Lipinski definition) is 7. The summed E-state index contributed by atoms with van der Waals surface area (Å²) in [5, 5.41) is 18.0. The van der Waals surface area contributed by atoms with Gasteiger partial charge in [0, 0.05) is 6.42 Å². The molecule has 2 heterocycles. The summed E-state index contributed by atoms with van der Waals surface area (Å²) in [6, 6.07) is 0. The Hall–Kier alpha value is -2.06. The van der Waals surface area contributed by atoms with E-state index in [1.807, 2.05) is 0 Å². The van der Waals surface area contributed by atoms with Crippen LogP contribution in [0.5, 0.6) is 0 Å². The van der Waals surface area contributed by atoms with Crippen LogP contribution in [0.4, 0.5) is 5.95 Å². The van der Waals surface area contributed by atoms with Crippen molar-refractivity contribution in [3.8, 4) is 0 Å². The van der Waals surface area contributed by atoms with Gasteiger partial charge in [-0.1, -0.05) is 0 Å². The van der Waals surface area contributed by atoms with Crippen molar-refractivity contribution in [2.45, 2.75) is 12.5 Å². The van der Waals surface area contributed by atoms with Gasteiger partial charge in [-0.15, -0.1) is 0 Å². The fourth-order valence-corrected chi connectivity index (χ4v) is 1.38. The molecule has 0 aliphatic heterocycles. The molecule has 2 aromatic heterocycles. The number of rotatable bonds is 3. The van der Waals surface area contributed by atoms with E-state index in [9.17, 15) is 9.90 Å². The summed E-state index contributed by atoms with van der Waals surface area (Å²) in [4.78, 5) is 25.6. The Labute approximate surface area is 95.2 Å². The summed E-state index contributed by atoms with van der Waals surface area (Å²) < 4.78 is 0. The van der Waals surface area contributed by atoms with Crippen LogP contribution in [0, 0.1) is 0 Å². The van der Waals surface area contributed by atoms with Crippen LogP contribution in [0.15, 0.2) is 11.0 Å². The van der Waals surface area contributed by atoms with Crippen LogP contribution in [-0.4, -0.2) is 42.9 Å². The molecule has 0 saturated heterocycles. The molecule has 0 fully saturated rings. The second kappa shape index (κ2) is 4.44. The Morgan fingerprint density at radius 3 is 2.94 bits per heavy atom. The molecule has 0 spiro atoms. The quantitative estimate of drug-likeness (QED) is 0.493. The summed E-state index contributed by atoms with van der Waals surface area (Å²) in [5.74, 6) is -0.0278. The number of aromatic amines is 1. The third kappa shape index (κ3) is 2.37. The Bertz CT molecular complexity index is 597. The lowest BCUT2D eigenvalue weighted by atomic mass is 10.2. The standard InChI is InChI=1S/C9H11N5O3/c10-9-13-7-6(8(17)14-9)12-4(2-11-7)1-5(16)3-15/h2,5,15-16H,1,3H2,(H3,10,11,13,14,17). The number of aliphatic hydroxyl groups excluding tert-OH is 2. The first-order chi connectivity index (χ1) is 8.10. The van der Waals surface area contributed by atoms with Gasteiger partial charge in [-0.25, -0.2) is 9.97 Å². The SMILES string of the molecule is Nc1nc2ncc(CC(O)CO)nc2c(=O)[nH]1. The van der Waals surface area contributed by atoms with E-state index in [2.05, 4.69) is 19.9 Å². The number of fused-ring (bicyclic) bond motifs is 1. The van der Waals surface area contributed by atoms with Crippen molar-refractivity contribution < 1.29 is 10.2 Å². The third-order valence-corrected chi connectivity index (χ3v) is 2.14. The van der Waals surface area contributed by atoms with Gasteiger partial charge >= 0.3 is 0 Å². The Morgan fingerprint density at radius 1 is 1.47 bits per heavy atom. The first kappa shape index (κ1) is 11.4. The highest BCUT2D eigenvalue weighted by atomic mass is 16.3. The predicted octanol–water partition coefficient (Wildman–Crippen LogP) is -1.81. The molecule has 8 heteroatoms. The molecule has 0 aromatic carbocycles. The zero-order valence-electron chi connectivity index (χ0n) is 8.79. The molecule has 8 nitrogen and oxygen atoms in total. The maximum absolute atomic E-state index is 11.5. The molecule has 0 bridgehead atoms. The van der Waals surface area contributed by atoms with E-state index in [1.54, 1.807) is 0 Å². The van der Waals surface area contributed by atoms with Crippen molar-refractivity contribution >= 4 is 17.1 Å². The first-order valence-electron chi connectivity index (χ1n) is 4.90. The number of aliphatic hydroxyl groups is 2. The van der Waals surface area contributed by atoms with E-state index in [-0.39, 0.29) is 30.1 Å². The molecule has 0 aliphatic carbocycles. The molecule has 5 N–H and O–H groups in total. The van der Waals surface area contributed by atoms with Gasteiger partial charge in [-0.05, 0) is 0 Å². The van der Waals surface area contributed by atoms with Crippen molar-refractivity contribution in [1.29, 1.82) is 0 Å². The van der Waals surface area contributed by atoms with E-state index >= 15 is 0 Å². The van der Waals surface area contributed by atoms with Crippen LogP contribution in [0.3, 0.4) is 0 Å². The lowest BCUT2D eigenvalue weighted by Crippen LogP contribution is -2.18. The van der Waals surface area contributed by atoms with Crippen LogP contribution >= 0.6 is 0 Å². The van der Waals surface area contributed by atoms with E-state index in [4.69, 9.17) is 10.8 Å². The Balaban J connectivity index is 2.47. The Morgan fingerprint density at radius 2 is 2.24 bits per heavy atom. The Kier molecular flexibility index (Phi) is 2.98. The molecule has 1 unspecified atom stereocenters. The number of H-pyrrole nitrogens is 1. The summed E-state index contributed by atoms with van der Waals surface area (Å²) in [5.41, 5.74) is 5.47. The number of nitrogens with two attached hydrogens (primary N) is 1. The van der Waals surface area contributed by atoms with Crippen molar-refractivity contribution in [2.24, 2.45) is 0 Å². The van der Waals surface area contributed by atoms with Crippen LogP contribution in [0.2, 0.25) is 0 Å². The zero-order chi connectivity index (χ0) is 12.4. The minimum atomic E-state index is -0.928. The number of nitrogens with zero attached hydrogens (tertiary/aromatic N) is 3.